The summed E-state index contributed by atoms with van der Waals surface area (Å²) >= 11 is 0. The summed E-state index contributed by atoms with van der Waals surface area (Å²) in [5, 5.41) is 12.3. The van der Waals surface area contributed by atoms with Gasteiger partial charge in [0.2, 0.25) is 0 Å². The fourth-order valence-corrected chi connectivity index (χ4v) is 3.29. The van der Waals surface area contributed by atoms with Gasteiger partial charge in [-0.1, -0.05) is 60.2 Å². The standard InChI is InChI=1S/C23H21NO/c1-15-6-8-18(9-7-15)22-12-13-23(24-22)19-11-10-17-4-3-5-20(16(2)25)21(17)14-19/h3-14,16,24-25H,1-2H3. The van der Waals surface area contributed by atoms with Crippen molar-refractivity contribution in [3.63, 3.8) is 0 Å². The topological polar surface area (TPSA) is 36.0 Å². The molecule has 0 aliphatic carbocycles. The van der Waals surface area contributed by atoms with Crippen LogP contribution < -0.4 is 0 Å². The molecule has 2 heteroatoms. The molecule has 25 heavy (non-hydrogen) atoms. The van der Waals surface area contributed by atoms with E-state index in [1.54, 1.807) is 0 Å². The third-order valence-electron chi connectivity index (χ3n) is 4.73. The number of hydrogen-bond donors (Lipinski definition) is 2. The summed E-state index contributed by atoms with van der Waals surface area (Å²) in [6.07, 6.45) is -0.481. The van der Waals surface area contributed by atoms with Crippen LogP contribution in [-0.2, 0) is 0 Å². The average Bonchev–Trinajstić information content (AvgIpc) is 3.11. The Morgan fingerprint density at radius 3 is 2.20 bits per heavy atom. The molecule has 0 spiro atoms. The Labute approximate surface area is 147 Å². The maximum Gasteiger partial charge on any atom is 0.0767 e. The van der Waals surface area contributed by atoms with Crippen LogP contribution in [0.15, 0.2) is 72.8 Å². The number of hydrogen-bond acceptors (Lipinski definition) is 1. The van der Waals surface area contributed by atoms with Crippen molar-refractivity contribution < 1.29 is 5.11 Å². The molecule has 0 radical (unpaired) electrons. The van der Waals surface area contributed by atoms with Gasteiger partial charge in [-0.3, -0.25) is 0 Å². The highest BCUT2D eigenvalue weighted by molar-refractivity contribution is 5.90. The van der Waals surface area contributed by atoms with Crippen molar-refractivity contribution in [3.8, 4) is 22.5 Å². The van der Waals surface area contributed by atoms with E-state index in [4.69, 9.17) is 0 Å². The van der Waals surface area contributed by atoms with Crippen LogP contribution in [0.5, 0.6) is 0 Å². The Morgan fingerprint density at radius 1 is 0.800 bits per heavy atom. The monoisotopic (exact) mass is 327 g/mol. The maximum atomic E-state index is 10.1. The lowest BCUT2D eigenvalue weighted by Gasteiger charge is -2.10. The van der Waals surface area contributed by atoms with Crippen LogP contribution in [0.1, 0.15) is 24.2 Å². The number of aryl methyl sites for hydroxylation is 1. The van der Waals surface area contributed by atoms with Crippen LogP contribution in [0.25, 0.3) is 33.3 Å². The summed E-state index contributed by atoms with van der Waals surface area (Å²) < 4.78 is 0. The van der Waals surface area contributed by atoms with Gasteiger partial charge in [-0.25, -0.2) is 0 Å². The van der Waals surface area contributed by atoms with E-state index in [0.717, 1.165) is 33.3 Å². The first-order valence-corrected chi connectivity index (χ1v) is 8.59. The zero-order chi connectivity index (χ0) is 17.4. The summed E-state index contributed by atoms with van der Waals surface area (Å²) in [6, 6.07) is 25.2. The fraction of sp³-hybridized carbons (Fsp3) is 0.130. The van der Waals surface area contributed by atoms with Crippen molar-refractivity contribution >= 4 is 10.8 Å². The molecule has 1 atom stereocenters. The molecule has 0 amide bonds. The molecule has 0 bridgehead atoms. The molecule has 3 aromatic carbocycles. The van der Waals surface area contributed by atoms with Crippen LogP contribution in [0.4, 0.5) is 0 Å². The van der Waals surface area contributed by atoms with Crippen LogP contribution in [-0.4, -0.2) is 10.1 Å². The summed E-state index contributed by atoms with van der Waals surface area (Å²) in [5.74, 6) is 0. The van der Waals surface area contributed by atoms with Gasteiger partial charge in [0, 0.05) is 11.4 Å². The molecule has 4 rings (SSSR count). The molecule has 0 saturated heterocycles. The highest BCUT2D eigenvalue weighted by atomic mass is 16.3. The zero-order valence-corrected chi connectivity index (χ0v) is 14.5. The van der Waals surface area contributed by atoms with Crippen LogP contribution in [0, 0.1) is 6.92 Å². The molecular formula is C23H21NO. The van der Waals surface area contributed by atoms with Gasteiger partial charge < -0.3 is 10.1 Å². The van der Waals surface area contributed by atoms with Crippen molar-refractivity contribution in [3.05, 3.63) is 83.9 Å². The molecule has 0 fully saturated rings. The van der Waals surface area contributed by atoms with Gasteiger partial charge in [0.1, 0.15) is 0 Å². The van der Waals surface area contributed by atoms with Gasteiger partial charge in [-0.15, -0.1) is 0 Å². The van der Waals surface area contributed by atoms with E-state index in [9.17, 15) is 5.11 Å². The van der Waals surface area contributed by atoms with E-state index in [1.165, 1.54) is 11.1 Å². The number of rotatable bonds is 3. The Kier molecular flexibility index (Phi) is 3.90. The lowest BCUT2D eigenvalue weighted by Crippen LogP contribution is -1.92. The molecule has 1 heterocycles. The number of benzene rings is 3. The highest BCUT2D eigenvalue weighted by Crippen LogP contribution is 2.30. The fourth-order valence-electron chi connectivity index (χ4n) is 3.29. The molecule has 0 saturated carbocycles. The Hall–Kier alpha value is -2.84. The lowest BCUT2D eigenvalue weighted by molar-refractivity contribution is 0.201. The first kappa shape index (κ1) is 15.7. The third kappa shape index (κ3) is 2.97. The minimum Gasteiger partial charge on any atom is -0.389 e. The van der Waals surface area contributed by atoms with Crippen LogP contribution >= 0.6 is 0 Å². The quantitative estimate of drug-likeness (QED) is 0.485. The summed E-state index contributed by atoms with van der Waals surface area (Å²) in [6.45, 7) is 3.91. The summed E-state index contributed by atoms with van der Waals surface area (Å²) in [7, 11) is 0. The van der Waals surface area contributed by atoms with E-state index < -0.39 is 6.10 Å². The largest absolute Gasteiger partial charge is 0.389 e. The SMILES string of the molecule is Cc1ccc(-c2ccc(-c3ccc4cccc(C(C)O)c4c3)[nH]2)cc1. The van der Waals surface area contributed by atoms with Crippen LogP contribution in [0.3, 0.4) is 0 Å². The molecule has 1 aromatic heterocycles. The molecule has 1 unspecified atom stereocenters. The predicted molar refractivity (Wildman–Crippen MR) is 105 cm³/mol. The number of aromatic nitrogens is 1. The summed E-state index contributed by atoms with van der Waals surface area (Å²) in [5.41, 5.74) is 6.72. The van der Waals surface area contributed by atoms with Gasteiger partial charge in [0.25, 0.3) is 0 Å². The first-order valence-electron chi connectivity index (χ1n) is 8.59. The Morgan fingerprint density at radius 2 is 1.48 bits per heavy atom. The molecule has 2 nitrogen and oxygen atoms in total. The number of fused-ring (bicyclic) bond motifs is 1. The third-order valence-corrected chi connectivity index (χ3v) is 4.73. The molecule has 0 aliphatic rings. The Bertz CT molecular complexity index is 1030. The van der Waals surface area contributed by atoms with E-state index in [2.05, 4.69) is 72.6 Å². The highest BCUT2D eigenvalue weighted by Gasteiger charge is 2.09. The molecular weight excluding hydrogens is 306 g/mol. The first-order chi connectivity index (χ1) is 12.1. The van der Waals surface area contributed by atoms with Gasteiger partial charge in [-0.2, -0.15) is 0 Å². The number of aliphatic hydroxyl groups excluding tert-OH is 1. The Balaban J connectivity index is 1.77. The lowest BCUT2D eigenvalue weighted by atomic mass is 9.98. The van der Waals surface area contributed by atoms with Gasteiger partial charge in [-0.05, 0) is 59.5 Å². The normalized spacial score (nSPS) is 12.4. The summed E-state index contributed by atoms with van der Waals surface area (Å²) in [4.78, 5) is 3.52. The number of nitrogens with one attached hydrogen (secondary N) is 1. The second-order valence-electron chi connectivity index (χ2n) is 6.61. The van der Waals surface area contributed by atoms with Crippen molar-refractivity contribution in [2.24, 2.45) is 0 Å². The molecule has 0 aliphatic heterocycles. The smallest absolute Gasteiger partial charge is 0.0767 e. The number of H-pyrrole nitrogens is 1. The van der Waals surface area contributed by atoms with E-state index in [0.29, 0.717) is 0 Å². The van der Waals surface area contributed by atoms with Gasteiger partial charge in [0.15, 0.2) is 0 Å². The number of aliphatic hydroxyl groups is 1. The minimum atomic E-state index is -0.481. The predicted octanol–water partition coefficient (Wildman–Crippen LogP) is 5.86. The minimum absolute atomic E-state index is 0.481. The molecule has 124 valence electrons. The molecule has 2 N–H and O–H groups in total. The average molecular weight is 327 g/mol. The van der Waals surface area contributed by atoms with Crippen molar-refractivity contribution in [2.75, 3.05) is 0 Å². The van der Waals surface area contributed by atoms with Crippen molar-refractivity contribution in [1.82, 2.24) is 4.98 Å². The number of aromatic amines is 1. The molecule has 4 aromatic rings. The van der Waals surface area contributed by atoms with E-state index >= 15 is 0 Å². The van der Waals surface area contributed by atoms with Gasteiger partial charge in [0.05, 0.1) is 6.10 Å². The van der Waals surface area contributed by atoms with Gasteiger partial charge >= 0.3 is 0 Å². The van der Waals surface area contributed by atoms with Crippen molar-refractivity contribution in [2.45, 2.75) is 20.0 Å². The van der Waals surface area contributed by atoms with E-state index in [1.807, 2.05) is 19.1 Å². The van der Waals surface area contributed by atoms with Crippen LogP contribution in [0.2, 0.25) is 0 Å². The van der Waals surface area contributed by atoms with Crippen molar-refractivity contribution in [1.29, 1.82) is 0 Å². The second kappa shape index (κ2) is 6.23. The van der Waals surface area contributed by atoms with E-state index in [-0.39, 0.29) is 0 Å². The zero-order valence-electron chi connectivity index (χ0n) is 14.5. The maximum absolute atomic E-state index is 10.1. The second-order valence-corrected chi connectivity index (χ2v) is 6.61.